The van der Waals surface area contributed by atoms with Gasteiger partial charge in [-0.25, -0.2) is 9.97 Å². The fraction of sp³-hybridized carbons (Fsp3) is 0.211. The van der Waals surface area contributed by atoms with Crippen molar-refractivity contribution in [1.82, 2.24) is 24.1 Å². The van der Waals surface area contributed by atoms with Crippen molar-refractivity contribution in [3.63, 3.8) is 0 Å². The summed E-state index contributed by atoms with van der Waals surface area (Å²) in [5.74, 6) is 0.339. The number of hydrogen-bond donors (Lipinski definition) is 0. The molecule has 0 unspecified atom stereocenters. The van der Waals surface area contributed by atoms with Gasteiger partial charge in [0, 0.05) is 28.1 Å². The van der Waals surface area contributed by atoms with E-state index in [-0.39, 0.29) is 6.67 Å². The number of benzene rings is 1. The zero-order valence-electron chi connectivity index (χ0n) is 14.3. The molecule has 0 fully saturated rings. The molecule has 0 aliphatic carbocycles. The van der Waals surface area contributed by atoms with E-state index in [9.17, 15) is 8.78 Å². The Morgan fingerprint density at radius 3 is 2.74 bits per heavy atom. The topological polar surface area (TPSA) is 48.5 Å². The molecule has 0 atom stereocenters. The largest absolute Gasteiger partial charge is 0.324 e. The lowest BCUT2D eigenvalue weighted by Crippen LogP contribution is -2.04. The molecular weight excluding hydrogens is 463 g/mol. The number of alkyl halides is 1. The predicted molar refractivity (Wildman–Crippen MR) is 108 cm³/mol. The fourth-order valence-electron chi connectivity index (χ4n) is 3.07. The smallest absolute Gasteiger partial charge is 0.213 e. The lowest BCUT2D eigenvalue weighted by molar-refractivity contribution is 0.450. The molecule has 0 spiro atoms. The van der Waals surface area contributed by atoms with Gasteiger partial charge in [0.15, 0.2) is 0 Å². The van der Waals surface area contributed by atoms with Crippen LogP contribution in [0.15, 0.2) is 49.2 Å². The minimum atomic E-state index is -0.398. The minimum Gasteiger partial charge on any atom is -0.324 e. The maximum Gasteiger partial charge on any atom is 0.213 e. The first-order valence-corrected chi connectivity index (χ1v) is 9.55. The first kappa shape index (κ1) is 18.0. The van der Waals surface area contributed by atoms with E-state index < -0.39 is 5.95 Å². The molecule has 0 bridgehead atoms. The van der Waals surface area contributed by atoms with Crippen molar-refractivity contribution < 1.29 is 8.78 Å². The molecule has 0 aliphatic rings. The number of hydrogen-bond acceptors (Lipinski definition) is 3. The van der Waals surface area contributed by atoms with E-state index in [1.807, 2.05) is 28.8 Å². The third kappa shape index (κ3) is 3.71. The number of fused-ring (bicyclic) bond motifs is 1. The Balaban J connectivity index is 1.77. The maximum atomic E-state index is 13.7. The molecule has 27 heavy (non-hydrogen) atoms. The lowest BCUT2D eigenvalue weighted by atomic mass is 10.2. The van der Waals surface area contributed by atoms with Crippen molar-refractivity contribution in [2.24, 2.45) is 0 Å². The Morgan fingerprint density at radius 1 is 1.07 bits per heavy atom. The summed E-state index contributed by atoms with van der Waals surface area (Å²) in [6.07, 6.45) is 6.46. The van der Waals surface area contributed by atoms with Gasteiger partial charge in [-0.15, -0.1) is 0 Å². The summed E-state index contributed by atoms with van der Waals surface area (Å²) in [6.45, 7) is 0.472. The molecule has 3 aromatic heterocycles. The highest BCUT2D eigenvalue weighted by atomic mass is 127. The molecule has 4 aromatic rings. The number of halogens is 3. The Kier molecular flexibility index (Phi) is 5.15. The molecule has 5 nitrogen and oxygen atoms in total. The average Bonchev–Trinajstić information content (AvgIpc) is 3.23. The first-order valence-electron chi connectivity index (χ1n) is 8.47. The van der Waals surface area contributed by atoms with Gasteiger partial charge in [-0.3, -0.25) is 9.37 Å². The molecule has 0 radical (unpaired) electrons. The van der Waals surface area contributed by atoms with Crippen LogP contribution in [0, 0.1) is 9.52 Å². The summed E-state index contributed by atoms with van der Waals surface area (Å²) >= 11 is 2.25. The molecule has 4 rings (SSSR count). The van der Waals surface area contributed by atoms with E-state index in [1.165, 1.54) is 17.1 Å². The lowest BCUT2D eigenvalue weighted by Gasteiger charge is -2.10. The minimum absolute atomic E-state index is 0.329. The van der Waals surface area contributed by atoms with Crippen LogP contribution in [0.3, 0.4) is 0 Å². The number of aromatic nitrogens is 5. The SMILES string of the molecule is FCCCn1c(-c2cncc(Cn3cncc3F)c2)nc2ccc(I)cc21. The van der Waals surface area contributed by atoms with Crippen molar-refractivity contribution in [2.75, 3.05) is 6.67 Å². The van der Waals surface area contributed by atoms with Crippen LogP contribution in [-0.4, -0.2) is 30.8 Å². The van der Waals surface area contributed by atoms with Crippen LogP contribution in [-0.2, 0) is 13.1 Å². The van der Waals surface area contributed by atoms with Gasteiger partial charge >= 0.3 is 0 Å². The van der Waals surface area contributed by atoms with Crippen molar-refractivity contribution in [2.45, 2.75) is 19.5 Å². The molecule has 0 saturated carbocycles. The molecule has 0 N–H and O–H groups in total. The van der Waals surface area contributed by atoms with Gasteiger partial charge in [0.05, 0.1) is 36.8 Å². The monoisotopic (exact) mass is 479 g/mol. The molecule has 8 heteroatoms. The van der Waals surface area contributed by atoms with E-state index in [0.717, 1.165) is 31.6 Å². The summed E-state index contributed by atoms with van der Waals surface area (Å²) in [5.41, 5.74) is 3.48. The molecule has 3 heterocycles. The highest BCUT2D eigenvalue weighted by Crippen LogP contribution is 2.27. The van der Waals surface area contributed by atoms with Crippen LogP contribution in [0.25, 0.3) is 22.4 Å². The van der Waals surface area contributed by atoms with E-state index in [4.69, 9.17) is 4.98 Å². The zero-order chi connectivity index (χ0) is 18.8. The first-order chi connectivity index (χ1) is 13.2. The van der Waals surface area contributed by atoms with Crippen LogP contribution >= 0.6 is 22.6 Å². The molecule has 0 saturated heterocycles. The second-order valence-electron chi connectivity index (χ2n) is 6.19. The van der Waals surface area contributed by atoms with Crippen molar-refractivity contribution in [3.8, 4) is 11.4 Å². The summed E-state index contributed by atoms with van der Waals surface area (Å²) in [5, 5.41) is 0. The number of nitrogens with zero attached hydrogens (tertiary/aromatic N) is 5. The van der Waals surface area contributed by atoms with E-state index in [0.29, 0.717) is 19.5 Å². The van der Waals surface area contributed by atoms with Gasteiger partial charge in [-0.2, -0.15) is 4.39 Å². The van der Waals surface area contributed by atoms with Crippen molar-refractivity contribution >= 4 is 33.6 Å². The van der Waals surface area contributed by atoms with Crippen LogP contribution in [0.4, 0.5) is 8.78 Å². The normalized spacial score (nSPS) is 11.4. The zero-order valence-corrected chi connectivity index (χ0v) is 16.5. The van der Waals surface area contributed by atoms with Crippen LogP contribution in [0.2, 0.25) is 0 Å². The molecule has 0 aliphatic heterocycles. The highest BCUT2D eigenvalue weighted by Gasteiger charge is 2.14. The van der Waals surface area contributed by atoms with E-state index >= 15 is 0 Å². The number of pyridine rings is 1. The number of aryl methyl sites for hydroxylation is 1. The summed E-state index contributed by atoms with van der Waals surface area (Å²) in [7, 11) is 0. The third-order valence-corrected chi connectivity index (χ3v) is 4.96. The predicted octanol–water partition coefficient (Wildman–Crippen LogP) is 4.45. The summed E-state index contributed by atoms with van der Waals surface area (Å²) in [6, 6.07) is 7.94. The summed E-state index contributed by atoms with van der Waals surface area (Å²) < 4.78 is 31.0. The average molecular weight is 479 g/mol. The van der Waals surface area contributed by atoms with Crippen LogP contribution < -0.4 is 0 Å². The van der Waals surface area contributed by atoms with Gasteiger partial charge in [0.25, 0.3) is 0 Å². The van der Waals surface area contributed by atoms with Gasteiger partial charge in [-0.1, -0.05) is 0 Å². The number of imidazole rings is 2. The summed E-state index contributed by atoms with van der Waals surface area (Å²) in [4.78, 5) is 12.8. The van der Waals surface area contributed by atoms with Crippen LogP contribution in [0.5, 0.6) is 0 Å². The quantitative estimate of drug-likeness (QED) is 0.384. The Morgan fingerprint density at radius 2 is 1.96 bits per heavy atom. The van der Waals surface area contributed by atoms with Gasteiger partial charge in [0.2, 0.25) is 5.95 Å². The standard InChI is InChI=1S/C19H16F2IN5/c20-4-1-5-27-17-7-15(22)2-3-16(17)25-19(27)14-6-13(8-23-9-14)11-26-12-24-10-18(26)21/h2-3,6-10,12H,1,4-5,11H2. The van der Waals surface area contributed by atoms with Crippen molar-refractivity contribution in [1.29, 1.82) is 0 Å². The fourth-order valence-corrected chi connectivity index (χ4v) is 3.55. The molecule has 138 valence electrons. The third-order valence-electron chi connectivity index (χ3n) is 4.29. The highest BCUT2D eigenvalue weighted by molar-refractivity contribution is 14.1. The Hall–Kier alpha value is -2.36. The van der Waals surface area contributed by atoms with Crippen LogP contribution in [0.1, 0.15) is 12.0 Å². The molecule has 1 aromatic carbocycles. The second-order valence-corrected chi connectivity index (χ2v) is 7.43. The maximum absolute atomic E-state index is 13.7. The Labute approximate surface area is 168 Å². The van der Waals surface area contributed by atoms with Crippen molar-refractivity contribution in [3.05, 3.63) is 64.3 Å². The Bertz CT molecular complexity index is 1090. The van der Waals surface area contributed by atoms with Gasteiger partial charge < -0.3 is 9.13 Å². The van der Waals surface area contributed by atoms with E-state index in [1.54, 1.807) is 12.4 Å². The second kappa shape index (κ2) is 7.71. The molecule has 0 amide bonds. The number of rotatable bonds is 6. The molecular formula is C19H16F2IN5. The van der Waals surface area contributed by atoms with E-state index in [2.05, 4.69) is 32.6 Å². The van der Waals surface area contributed by atoms with Gasteiger partial charge in [-0.05, 0) is 58.8 Å². The van der Waals surface area contributed by atoms with Gasteiger partial charge in [0.1, 0.15) is 5.82 Å².